The largest absolute Gasteiger partial charge is 0.416 e. The SMILES string of the molecule is CC(C)NC(=O)C1COCCN1C(=O)Oc1ccccc1. The van der Waals surface area contributed by atoms with E-state index in [1.54, 1.807) is 24.3 Å². The summed E-state index contributed by atoms with van der Waals surface area (Å²) in [4.78, 5) is 25.8. The number of nitrogens with one attached hydrogen (secondary N) is 1. The zero-order chi connectivity index (χ0) is 15.2. The van der Waals surface area contributed by atoms with Crippen molar-refractivity contribution in [1.82, 2.24) is 10.2 Å². The van der Waals surface area contributed by atoms with Crippen LogP contribution in [0.25, 0.3) is 0 Å². The molecule has 0 aliphatic carbocycles. The van der Waals surface area contributed by atoms with Crippen LogP contribution in [0, 0.1) is 0 Å². The minimum Gasteiger partial charge on any atom is -0.410 e. The highest BCUT2D eigenvalue weighted by atomic mass is 16.6. The van der Waals surface area contributed by atoms with Gasteiger partial charge in [-0.15, -0.1) is 0 Å². The molecule has 6 nitrogen and oxygen atoms in total. The predicted octanol–water partition coefficient (Wildman–Crippen LogP) is 1.41. The smallest absolute Gasteiger partial charge is 0.410 e. The van der Waals surface area contributed by atoms with Crippen LogP contribution in [0.4, 0.5) is 4.79 Å². The van der Waals surface area contributed by atoms with Gasteiger partial charge in [-0.25, -0.2) is 4.79 Å². The molecule has 1 N–H and O–H groups in total. The summed E-state index contributed by atoms with van der Waals surface area (Å²) < 4.78 is 10.6. The van der Waals surface area contributed by atoms with Crippen LogP contribution < -0.4 is 10.1 Å². The Bertz CT molecular complexity index is 490. The van der Waals surface area contributed by atoms with Crippen molar-refractivity contribution < 1.29 is 19.1 Å². The Hall–Kier alpha value is -2.08. The quantitative estimate of drug-likeness (QED) is 0.914. The Morgan fingerprint density at radius 3 is 2.71 bits per heavy atom. The van der Waals surface area contributed by atoms with Crippen LogP contribution in [-0.4, -0.2) is 48.7 Å². The van der Waals surface area contributed by atoms with Crippen molar-refractivity contribution in [3.05, 3.63) is 30.3 Å². The molecule has 0 radical (unpaired) electrons. The van der Waals surface area contributed by atoms with Gasteiger partial charge in [-0.3, -0.25) is 9.69 Å². The van der Waals surface area contributed by atoms with E-state index in [0.29, 0.717) is 18.9 Å². The molecule has 1 aromatic carbocycles. The summed E-state index contributed by atoms with van der Waals surface area (Å²) in [5.41, 5.74) is 0. The number of hydrogen-bond donors (Lipinski definition) is 1. The first-order valence-electron chi connectivity index (χ1n) is 6.99. The molecule has 114 valence electrons. The minimum atomic E-state index is -0.655. The lowest BCUT2D eigenvalue weighted by Gasteiger charge is -2.34. The molecule has 0 spiro atoms. The third-order valence-electron chi connectivity index (χ3n) is 3.04. The summed E-state index contributed by atoms with van der Waals surface area (Å²) in [5, 5.41) is 2.79. The molecule has 1 unspecified atom stereocenters. The number of ether oxygens (including phenoxy) is 2. The molecule has 2 amide bonds. The van der Waals surface area contributed by atoms with E-state index in [4.69, 9.17) is 9.47 Å². The van der Waals surface area contributed by atoms with Crippen LogP contribution in [-0.2, 0) is 9.53 Å². The fraction of sp³-hybridized carbons (Fsp3) is 0.467. The van der Waals surface area contributed by atoms with Crippen LogP contribution in [0.1, 0.15) is 13.8 Å². The van der Waals surface area contributed by atoms with Crippen LogP contribution in [0.5, 0.6) is 5.75 Å². The van der Waals surface area contributed by atoms with Gasteiger partial charge in [-0.1, -0.05) is 18.2 Å². The first-order chi connectivity index (χ1) is 10.1. The van der Waals surface area contributed by atoms with E-state index in [9.17, 15) is 9.59 Å². The second-order valence-corrected chi connectivity index (χ2v) is 5.13. The fourth-order valence-corrected chi connectivity index (χ4v) is 2.07. The van der Waals surface area contributed by atoms with Crippen LogP contribution in [0.3, 0.4) is 0 Å². The molecule has 1 fully saturated rings. The van der Waals surface area contributed by atoms with Crippen LogP contribution in [0.15, 0.2) is 30.3 Å². The van der Waals surface area contributed by atoms with Gasteiger partial charge in [0.1, 0.15) is 11.8 Å². The Morgan fingerprint density at radius 1 is 1.33 bits per heavy atom. The minimum absolute atomic E-state index is 0.00594. The number of nitrogens with zero attached hydrogens (tertiary/aromatic N) is 1. The summed E-state index contributed by atoms with van der Waals surface area (Å²) in [7, 11) is 0. The number of rotatable bonds is 3. The Balaban J connectivity index is 2.04. The molecule has 2 rings (SSSR count). The van der Waals surface area contributed by atoms with E-state index in [-0.39, 0.29) is 18.6 Å². The number of hydrogen-bond acceptors (Lipinski definition) is 4. The zero-order valence-corrected chi connectivity index (χ0v) is 12.2. The summed E-state index contributed by atoms with van der Waals surface area (Å²) >= 11 is 0. The van der Waals surface area contributed by atoms with Gasteiger partial charge in [0, 0.05) is 12.6 Å². The van der Waals surface area contributed by atoms with Crippen molar-refractivity contribution >= 4 is 12.0 Å². The van der Waals surface area contributed by atoms with E-state index in [1.807, 2.05) is 19.9 Å². The molecule has 0 saturated carbocycles. The maximum absolute atomic E-state index is 12.2. The molecule has 1 atom stereocenters. The second-order valence-electron chi connectivity index (χ2n) is 5.13. The van der Waals surface area contributed by atoms with Gasteiger partial charge in [-0.2, -0.15) is 0 Å². The Kier molecular flexibility index (Phi) is 5.16. The molecule has 21 heavy (non-hydrogen) atoms. The van der Waals surface area contributed by atoms with Crippen LogP contribution in [0.2, 0.25) is 0 Å². The Labute approximate surface area is 124 Å². The highest BCUT2D eigenvalue weighted by Crippen LogP contribution is 2.14. The first kappa shape index (κ1) is 15.3. The number of morpholine rings is 1. The zero-order valence-electron chi connectivity index (χ0n) is 12.2. The number of benzene rings is 1. The van der Waals surface area contributed by atoms with E-state index in [1.165, 1.54) is 4.90 Å². The molecule has 6 heteroatoms. The van der Waals surface area contributed by atoms with E-state index in [0.717, 1.165) is 0 Å². The highest BCUT2D eigenvalue weighted by Gasteiger charge is 2.34. The molecule has 0 aromatic heterocycles. The van der Waals surface area contributed by atoms with E-state index < -0.39 is 12.1 Å². The molecule has 1 aliphatic rings. The lowest BCUT2D eigenvalue weighted by atomic mass is 10.2. The third-order valence-corrected chi connectivity index (χ3v) is 3.04. The normalized spacial score (nSPS) is 18.4. The Morgan fingerprint density at radius 2 is 2.05 bits per heavy atom. The van der Waals surface area contributed by atoms with Gasteiger partial charge >= 0.3 is 6.09 Å². The molecule has 0 bridgehead atoms. The average molecular weight is 292 g/mol. The lowest BCUT2D eigenvalue weighted by molar-refractivity contribution is -0.131. The van der Waals surface area contributed by atoms with Crippen molar-refractivity contribution in [3.63, 3.8) is 0 Å². The van der Waals surface area contributed by atoms with Crippen molar-refractivity contribution in [2.24, 2.45) is 0 Å². The van der Waals surface area contributed by atoms with Gasteiger partial charge in [0.2, 0.25) is 5.91 Å². The van der Waals surface area contributed by atoms with Crippen molar-refractivity contribution in [2.75, 3.05) is 19.8 Å². The van der Waals surface area contributed by atoms with E-state index >= 15 is 0 Å². The number of carbonyl (C=O) groups is 2. The molecule has 1 heterocycles. The monoisotopic (exact) mass is 292 g/mol. The summed E-state index contributed by atoms with van der Waals surface area (Å²) in [5.74, 6) is 0.228. The molecular formula is C15H20N2O4. The number of para-hydroxylation sites is 1. The summed E-state index contributed by atoms with van der Waals surface area (Å²) in [6, 6.07) is 8.15. The maximum Gasteiger partial charge on any atom is 0.416 e. The summed E-state index contributed by atoms with van der Waals surface area (Å²) in [6.07, 6.45) is -0.534. The molecule has 1 aliphatic heterocycles. The predicted molar refractivity (Wildman–Crippen MR) is 77.1 cm³/mol. The highest BCUT2D eigenvalue weighted by molar-refractivity contribution is 5.86. The van der Waals surface area contributed by atoms with Gasteiger partial charge < -0.3 is 14.8 Å². The molecule has 1 aromatic rings. The fourth-order valence-electron chi connectivity index (χ4n) is 2.07. The van der Waals surface area contributed by atoms with Crippen molar-refractivity contribution in [3.8, 4) is 5.75 Å². The van der Waals surface area contributed by atoms with Gasteiger partial charge in [0.15, 0.2) is 0 Å². The second kappa shape index (κ2) is 7.08. The standard InChI is InChI=1S/C15H20N2O4/c1-11(2)16-14(18)13-10-20-9-8-17(13)15(19)21-12-6-4-3-5-7-12/h3-7,11,13H,8-10H2,1-2H3,(H,16,18). The third kappa shape index (κ3) is 4.19. The van der Waals surface area contributed by atoms with E-state index in [2.05, 4.69) is 5.32 Å². The number of amides is 2. The van der Waals surface area contributed by atoms with Crippen molar-refractivity contribution in [2.45, 2.75) is 25.9 Å². The van der Waals surface area contributed by atoms with Gasteiger partial charge in [-0.05, 0) is 26.0 Å². The van der Waals surface area contributed by atoms with Gasteiger partial charge in [0.25, 0.3) is 0 Å². The van der Waals surface area contributed by atoms with Gasteiger partial charge in [0.05, 0.1) is 13.2 Å². The van der Waals surface area contributed by atoms with Crippen LogP contribution >= 0.6 is 0 Å². The first-order valence-corrected chi connectivity index (χ1v) is 6.99. The summed E-state index contributed by atoms with van der Waals surface area (Å²) in [6.45, 7) is 4.65. The van der Waals surface area contributed by atoms with Crippen molar-refractivity contribution in [1.29, 1.82) is 0 Å². The molecule has 1 saturated heterocycles. The maximum atomic E-state index is 12.2. The molecular weight excluding hydrogens is 272 g/mol. The number of carbonyl (C=O) groups excluding carboxylic acids is 2. The topological polar surface area (TPSA) is 67.9 Å². The lowest BCUT2D eigenvalue weighted by Crippen LogP contribution is -2.57. The average Bonchev–Trinajstić information content (AvgIpc) is 2.47.